The highest BCUT2D eigenvalue weighted by Crippen LogP contribution is 2.42. The minimum Gasteiger partial charge on any atom is -0.457 e. The average Bonchev–Trinajstić information content (AvgIpc) is 3.14. The van der Waals surface area contributed by atoms with E-state index in [2.05, 4.69) is 13.5 Å². The van der Waals surface area contributed by atoms with Crippen molar-refractivity contribution < 1.29 is 22.7 Å². The molecule has 3 aromatic rings. The molecule has 0 aliphatic rings. The molecule has 2 nitrogen and oxygen atoms in total. The predicted molar refractivity (Wildman–Crippen MR) is 120 cm³/mol. The third-order valence-corrected chi connectivity index (χ3v) is 6.16. The Bertz CT molecular complexity index is 1100. The standard InChI is InChI=1S/C25H25F3O2S/c1-4-5-6-7-17-9-11-20(21(12-17)25(26,27)28)23-14-19-10-8-18(13-22(19)31-23)15-30-24(29)16(2)3/h8-14H,2,4-7,15H2,1,3H3. The lowest BCUT2D eigenvalue weighted by atomic mass is 9.98. The molecule has 3 rings (SSSR count). The molecular formula is C25H25F3O2S. The van der Waals surface area contributed by atoms with Crippen LogP contribution in [-0.2, 0) is 28.7 Å². The predicted octanol–water partition coefficient (Wildman–Crippen LogP) is 7.94. The Labute approximate surface area is 184 Å². The summed E-state index contributed by atoms with van der Waals surface area (Å²) in [5.74, 6) is -0.471. The number of hydrogen-bond acceptors (Lipinski definition) is 3. The molecule has 0 unspecified atom stereocenters. The maximum atomic E-state index is 13.8. The van der Waals surface area contributed by atoms with Crippen molar-refractivity contribution in [2.75, 3.05) is 0 Å². The fourth-order valence-corrected chi connectivity index (χ4v) is 4.51. The number of rotatable bonds is 8. The molecule has 1 heterocycles. The number of unbranched alkanes of at least 4 members (excludes halogenated alkanes) is 2. The van der Waals surface area contributed by atoms with Gasteiger partial charge in [-0.2, -0.15) is 13.2 Å². The van der Waals surface area contributed by atoms with Gasteiger partial charge in [0.2, 0.25) is 0 Å². The number of hydrogen-bond donors (Lipinski definition) is 0. The first-order valence-electron chi connectivity index (χ1n) is 10.2. The van der Waals surface area contributed by atoms with E-state index >= 15 is 0 Å². The first-order chi connectivity index (χ1) is 14.7. The van der Waals surface area contributed by atoms with E-state index in [1.54, 1.807) is 25.1 Å². The molecule has 0 saturated carbocycles. The number of ether oxygens (including phenoxy) is 1. The lowest BCUT2D eigenvalue weighted by Gasteiger charge is -2.14. The van der Waals surface area contributed by atoms with Crippen molar-refractivity contribution in [3.05, 3.63) is 71.3 Å². The third kappa shape index (κ3) is 5.76. The lowest BCUT2D eigenvalue weighted by Crippen LogP contribution is -2.07. The van der Waals surface area contributed by atoms with Crippen LogP contribution in [0.5, 0.6) is 0 Å². The van der Waals surface area contributed by atoms with E-state index in [0.29, 0.717) is 22.4 Å². The second kappa shape index (κ2) is 9.69. The summed E-state index contributed by atoms with van der Waals surface area (Å²) < 4.78 is 47.4. The third-order valence-electron chi connectivity index (χ3n) is 5.03. The van der Waals surface area contributed by atoms with Crippen LogP contribution >= 0.6 is 11.3 Å². The van der Waals surface area contributed by atoms with Crippen LogP contribution in [0.25, 0.3) is 20.5 Å². The van der Waals surface area contributed by atoms with Crippen molar-refractivity contribution in [1.29, 1.82) is 0 Å². The van der Waals surface area contributed by atoms with Crippen molar-refractivity contribution in [2.45, 2.75) is 52.3 Å². The molecular weight excluding hydrogens is 421 g/mol. The molecule has 31 heavy (non-hydrogen) atoms. The zero-order valence-electron chi connectivity index (χ0n) is 17.6. The fourth-order valence-electron chi connectivity index (χ4n) is 3.35. The molecule has 0 N–H and O–H groups in total. The number of thiophene rings is 1. The Morgan fingerprint density at radius 3 is 2.48 bits per heavy atom. The summed E-state index contributed by atoms with van der Waals surface area (Å²) in [5, 5.41) is 0.857. The van der Waals surface area contributed by atoms with E-state index in [4.69, 9.17) is 4.74 Å². The Hall–Kier alpha value is -2.60. The molecule has 0 radical (unpaired) electrons. The summed E-state index contributed by atoms with van der Waals surface area (Å²) in [6, 6.07) is 12.0. The molecule has 0 aliphatic carbocycles. The molecule has 1 aromatic heterocycles. The molecule has 0 amide bonds. The maximum absolute atomic E-state index is 13.8. The van der Waals surface area contributed by atoms with Crippen molar-refractivity contribution in [1.82, 2.24) is 0 Å². The molecule has 0 bridgehead atoms. The molecule has 0 aliphatic heterocycles. The van der Waals surface area contributed by atoms with E-state index < -0.39 is 17.7 Å². The quantitative estimate of drug-likeness (QED) is 0.199. The van der Waals surface area contributed by atoms with E-state index in [0.717, 1.165) is 34.9 Å². The van der Waals surface area contributed by atoms with Crippen LogP contribution in [0.1, 0.15) is 49.8 Å². The smallest absolute Gasteiger partial charge is 0.417 e. The van der Waals surface area contributed by atoms with Crippen LogP contribution in [0, 0.1) is 0 Å². The molecule has 0 atom stereocenters. The van der Waals surface area contributed by atoms with Crippen LogP contribution < -0.4 is 0 Å². The molecule has 2 aromatic carbocycles. The van der Waals surface area contributed by atoms with Crippen LogP contribution in [0.2, 0.25) is 0 Å². The van der Waals surface area contributed by atoms with Gasteiger partial charge in [-0.25, -0.2) is 4.79 Å². The van der Waals surface area contributed by atoms with E-state index in [9.17, 15) is 18.0 Å². The average molecular weight is 447 g/mol. The topological polar surface area (TPSA) is 26.3 Å². The van der Waals surface area contributed by atoms with Gasteiger partial charge in [-0.1, -0.05) is 50.6 Å². The van der Waals surface area contributed by atoms with Gasteiger partial charge < -0.3 is 4.74 Å². The zero-order valence-corrected chi connectivity index (χ0v) is 18.5. The van der Waals surface area contributed by atoms with Gasteiger partial charge >= 0.3 is 12.1 Å². The lowest BCUT2D eigenvalue weighted by molar-refractivity contribution is -0.140. The summed E-state index contributed by atoms with van der Waals surface area (Å²) in [4.78, 5) is 12.2. The summed E-state index contributed by atoms with van der Waals surface area (Å²) in [7, 11) is 0. The number of halogens is 3. The monoisotopic (exact) mass is 446 g/mol. The number of aryl methyl sites for hydroxylation is 1. The van der Waals surface area contributed by atoms with Gasteiger partial charge in [0.05, 0.1) is 5.56 Å². The number of carbonyl (C=O) groups is 1. The largest absolute Gasteiger partial charge is 0.457 e. The molecule has 164 valence electrons. The Morgan fingerprint density at radius 2 is 1.81 bits per heavy atom. The minimum absolute atomic E-state index is 0.0924. The first-order valence-corrected chi connectivity index (χ1v) is 11.1. The number of fused-ring (bicyclic) bond motifs is 1. The Morgan fingerprint density at radius 1 is 1.06 bits per heavy atom. The maximum Gasteiger partial charge on any atom is 0.417 e. The first kappa shape index (κ1) is 23.1. The van der Waals surface area contributed by atoms with E-state index in [1.165, 1.54) is 17.4 Å². The van der Waals surface area contributed by atoms with Gasteiger partial charge in [0, 0.05) is 20.7 Å². The number of alkyl halides is 3. The second-order valence-corrected chi connectivity index (χ2v) is 8.76. The van der Waals surface area contributed by atoms with Crippen molar-refractivity contribution in [3.8, 4) is 10.4 Å². The van der Waals surface area contributed by atoms with Crippen LogP contribution in [-0.4, -0.2) is 5.97 Å². The Balaban J connectivity index is 1.91. The second-order valence-electron chi connectivity index (χ2n) is 7.67. The van der Waals surface area contributed by atoms with Crippen molar-refractivity contribution in [2.24, 2.45) is 0 Å². The van der Waals surface area contributed by atoms with Gasteiger partial charge in [-0.3, -0.25) is 0 Å². The summed E-state index contributed by atoms with van der Waals surface area (Å²) in [6.07, 6.45) is -0.858. The number of carbonyl (C=O) groups excluding carboxylic acids is 1. The van der Waals surface area contributed by atoms with E-state index in [1.807, 2.05) is 18.2 Å². The van der Waals surface area contributed by atoms with Gasteiger partial charge in [0.15, 0.2) is 0 Å². The van der Waals surface area contributed by atoms with E-state index in [-0.39, 0.29) is 12.2 Å². The summed E-state index contributed by atoms with van der Waals surface area (Å²) >= 11 is 1.30. The fraction of sp³-hybridized carbons (Fsp3) is 0.320. The number of benzene rings is 2. The van der Waals surface area contributed by atoms with Crippen molar-refractivity contribution in [3.63, 3.8) is 0 Å². The SMILES string of the molecule is C=C(C)C(=O)OCc1ccc2cc(-c3ccc(CCCCC)cc3C(F)(F)F)sc2c1. The Kier molecular flexibility index (Phi) is 7.21. The summed E-state index contributed by atoms with van der Waals surface area (Å²) in [5.41, 5.74) is 1.41. The van der Waals surface area contributed by atoms with Crippen LogP contribution in [0.4, 0.5) is 13.2 Å². The highest BCUT2D eigenvalue weighted by molar-refractivity contribution is 7.22. The normalized spacial score (nSPS) is 11.6. The van der Waals surface area contributed by atoms with Crippen LogP contribution in [0.3, 0.4) is 0 Å². The van der Waals surface area contributed by atoms with Crippen LogP contribution in [0.15, 0.2) is 54.6 Å². The highest BCUT2D eigenvalue weighted by Gasteiger charge is 2.34. The number of esters is 1. The molecule has 0 saturated heterocycles. The van der Waals surface area contributed by atoms with Crippen molar-refractivity contribution >= 4 is 27.4 Å². The molecule has 0 fully saturated rings. The highest BCUT2D eigenvalue weighted by atomic mass is 32.1. The minimum atomic E-state index is -4.42. The van der Waals surface area contributed by atoms with Gasteiger partial charge in [0.1, 0.15) is 6.61 Å². The molecule has 0 spiro atoms. The van der Waals surface area contributed by atoms with Gasteiger partial charge in [-0.05, 0) is 54.5 Å². The van der Waals surface area contributed by atoms with Gasteiger partial charge in [0.25, 0.3) is 0 Å². The molecule has 6 heteroatoms. The summed E-state index contributed by atoms with van der Waals surface area (Å²) in [6.45, 7) is 7.28. The van der Waals surface area contributed by atoms with Gasteiger partial charge in [-0.15, -0.1) is 11.3 Å². The zero-order chi connectivity index (χ0) is 22.6.